The second kappa shape index (κ2) is 7.38. The molecule has 1 unspecified atom stereocenters. The second-order valence-corrected chi connectivity index (χ2v) is 5.47. The smallest absolute Gasteiger partial charge is 0.250 e. The van der Waals surface area contributed by atoms with Gasteiger partial charge in [-0.25, -0.2) is 4.98 Å². The highest BCUT2D eigenvalue weighted by molar-refractivity contribution is 5.92. The average molecular weight is 291 g/mol. The number of hydrogen-bond donors (Lipinski definition) is 2. The Morgan fingerprint density at radius 3 is 2.52 bits per heavy atom. The Morgan fingerprint density at radius 2 is 2.05 bits per heavy atom. The largest absolute Gasteiger partial charge is 0.366 e. The summed E-state index contributed by atoms with van der Waals surface area (Å²) >= 11 is 0. The maximum atomic E-state index is 11.1. The molecule has 0 saturated carbocycles. The molecule has 0 aliphatic carbocycles. The van der Waals surface area contributed by atoms with Crippen LogP contribution in [0, 0.1) is 0 Å². The highest BCUT2D eigenvalue weighted by Gasteiger charge is 2.23. The van der Waals surface area contributed by atoms with Crippen LogP contribution in [0.15, 0.2) is 18.3 Å². The van der Waals surface area contributed by atoms with Gasteiger partial charge in [-0.3, -0.25) is 9.69 Å². The van der Waals surface area contributed by atoms with E-state index >= 15 is 0 Å². The lowest BCUT2D eigenvalue weighted by Gasteiger charge is -2.39. The van der Waals surface area contributed by atoms with Gasteiger partial charge in [-0.15, -0.1) is 0 Å². The van der Waals surface area contributed by atoms with Crippen LogP contribution in [-0.2, 0) is 0 Å². The molecule has 4 N–H and O–H groups in total. The van der Waals surface area contributed by atoms with E-state index in [1.807, 2.05) is 6.07 Å². The van der Waals surface area contributed by atoms with Crippen molar-refractivity contribution in [3.8, 4) is 0 Å². The lowest BCUT2D eigenvalue weighted by molar-refractivity contribution is 0.1000. The zero-order chi connectivity index (χ0) is 15.2. The van der Waals surface area contributed by atoms with E-state index < -0.39 is 5.91 Å². The van der Waals surface area contributed by atoms with Gasteiger partial charge in [0.25, 0.3) is 0 Å². The first-order valence-corrected chi connectivity index (χ1v) is 7.60. The van der Waals surface area contributed by atoms with Crippen molar-refractivity contribution in [2.75, 3.05) is 37.6 Å². The summed E-state index contributed by atoms with van der Waals surface area (Å²) in [6.45, 7) is 6.79. The number of nitrogens with zero attached hydrogens (tertiary/aromatic N) is 3. The third-order valence-electron chi connectivity index (χ3n) is 4.08. The van der Waals surface area contributed by atoms with Gasteiger partial charge in [0.1, 0.15) is 5.82 Å². The van der Waals surface area contributed by atoms with E-state index in [0.717, 1.165) is 51.4 Å². The number of anilines is 1. The van der Waals surface area contributed by atoms with Crippen molar-refractivity contribution in [3.63, 3.8) is 0 Å². The Balaban J connectivity index is 1.92. The molecule has 6 nitrogen and oxygen atoms in total. The van der Waals surface area contributed by atoms with Crippen molar-refractivity contribution < 1.29 is 4.79 Å². The Morgan fingerprint density at radius 1 is 1.33 bits per heavy atom. The van der Waals surface area contributed by atoms with Gasteiger partial charge in [0, 0.05) is 45.0 Å². The van der Waals surface area contributed by atoms with E-state index in [1.165, 1.54) is 0 Å². The third kappa shape index (κ3) is 3.92. The van der Waals surface area contributed by atoms with Crippen molar-refractivity contribution in [3.05, 3.63) is 23.9 Å². The fraction of sp³-hybridized carbons (Fsp3) is 0.600. The Bertz CT molecular complexity index is 454. The number of hydrogen-bond acceptors (Lipinski definition) is 5. The fourth-order valence-corrected chi connectivity index (χ4v) is 2.82. The summed E-state index contributed by atoms with van der Waals surface area (Å²) in [6.07, 6.45) is 3.87. The van der Waals surface area contributed by atoms with Crippen molar-refractivity contribution in [1.29, 1.82) is 0 Å². The molecule has 1 aromatic heterocycles. The predicted octanol–water partition coefficient (Wildman–Crippen LogP) is 0.430. The van der Waals surface area contributed by atoms with E-state index in [2.05, 4.69) is 21.7 Å². The maximum Gasteiger partial charge on any atom is 0.250 e. The normalized spacial score (nSPS) is 17.7. The number of pyridine rings is 1. The molecule has 1 aromatic rings. The van der Waals surface area contributed by atoms with Gasteiger partial charge in [0.2, 0.25) is 5.91 Å². The van der Waals surface area contributed by atoms with Crippen LogP contribution < -0.4 is 16.4 Å². The minimum Gasteiger partial charge on any atom is -0.366 e. The molecule has 0 bridgehead atoms. The molecule has 1 atom stereocenters. The number of primary amides is 1. The van der Waals surface area contributed by atoms with Crippen LogP contribution in [0.4, 0.5) is 5.82 Å². The van der Waals surface area contributed by atoms with Gasteiger partial charge in [-0.2, -0.15) is 0 Å². The fourth-order valence-electron chi connectivity index (χ4n) is 2.82. The van der Waals surface area contributed by atoms with Crippen LogP contribution >= 0.6 is 0 Å². The van der Waals surface area contributed by atoms with Gasteiger partial charge >= 0.3 is 0 Å². The molecule has 21 heavy (non-hydrogen) atoms. The van der Waals surface area contributed by atoms with Gasteiger partial charge in [-0.05, 0) is 18.6 Å². The van der Waals surface area contributed by atoms with E-state index in [9.17, 15) is 4.79 Å². The molecular weight excluding hydrogens is 266 g/mol. The molecular formula is C15H25N5O. The first-order valence-electron chi connectivity index (χ1n) is 7.60. The quantitative estimate of drug-likeness (QED) is 0.793. The van der Waals surface area contributed by atoms with E-state index in [0.29, 0.717) is 11.6 Å². The van der Waals surface area contributed by atoms with Crippen molar-refractivity contribution in [2.45, 2.75) is 25.8 Å². The molecule has 6 heteroatoms. The van der Waals surface area contributed by atoms with E-state index in [1.54, 1.807) is 12.3 Å². The lowest BCUT2D eigenvalue weighted by atomic mass is 10.1. The van der Waals surface area contributed by atoms with Crippen LogP contribution in [0.3, 0.4) is 0 Å². The van der Waals surface area contributed by atoms with Gasteiger partial charge in [0.05, 0.1) is 5.56 Å². The Kier molecular flexibility index (Phi) is 5.52. The van der Waals surface area contributed by atoms with Crippen molar-refractivity contribution in [1.82, 2.24) is 9.88 Å². The lowest BCUT2D eigenvalue weighted by Crippen LogP contribution is -2.52. The van der Waals surface area contributed by atoms with Gasteiger partial charge < -0.3 is 16.4 Å². The predicted molar refractivity (Wildman–Crippen MR) is 84.3 cm³/mol. The van der Waals surface area contributed by atoms with Gasteiger partial charge in [0.15, 0.2) is 0 Å². The molecule has 116 valence electrons. The van der Waals surface area contributed by atoms with Crippen LogP contribution in [0.2, 0.25) is 0 Å². The molecule has 1 amide bonds. The van der Waals surface area contributed by atoms with Crippen LogP contribution in [0.1, 0.15) is 30.1 Å². The van der Waals surface area contributed by atoms with Crippen molar-refractivity contribution in [2.24, 2.45) is 11.5 Å². The zero-order valence-electron chi connectivity index (χ0n) is 12.7. The number of nitrogens with two attached hydrogens (primary N) is 2. The SMILES string of the molecule is CCCC(CN)N1CCN(c2ccc(C(N)=O)cn2)CC1. The van der Waals surface area contributed by atoms with E-state index in [4.69, 9.17) is 11.5 Å². The standard InChI is InChI=1S/C15H25N5O/c1-2-3-13(10-16)19-6-8-20(9-7-19)14-5-4-12(11-18-14)15(17)21/h4-5,11,13H,2-3,6-10,16H2,1H3,(H2,17,21). The monoisotopic (exact) mass is 291 g/mol. The summed E-state index contributed by atoms with van der Waals surface area (Å²) in [5.41, 5.74) is 11.5. The molecule has 2 heterocycles. The summed E-state index contributed by atoms with van der Waals surface area (Å²) in [5, 5.41) is 0. The number of carbonyl (C=O) groups is 1. The summed E-state index contributed by atoms with van der Waals surface area (Å²) in [4.78, 5) is 20.1. The average Bonchev–Trinajstić information content (AvgIpc) is 2.53. The minimum atomic E-state index is -0.441. The number of rotatable bonds is 6. The maximum absolute atomic E-state index is 11.1. The minimum absolute atomic E-state index is 0.441. The molecule has 0 radical (unpaired) electrons. The highest BCUT2D eigenvalue weighted by Crippen LogP contribution is 2.16. The second-order valence-electron chi connectivity index (χ2n) is 5.47. The Hall–Kier alpha value is -1.66. The summed E-state index contributed by atoms with van der Waals surface area (Å²) in [7, 11) is 0. The molecule has 0 aromatic carbocycles. The topological polar surface area (TPSA) is 88.5 Å². The van der Waals surface area contributed by atoms with Gasteiger partial charge in [-0.1, -0.05) is 13.3 Å². The van der Waals surface area contributed by atoms with Crippen molar-refractivity contribution >= 4 is 11.7 Å². The zero-order valence-corrected chi connectivity index (χ0v) is 12.7. The molecule has 2 rings (SSSR count). The molecule has 1 fully saturated rings. The molecule has 1 aliphatic heterocycles. The summed E-state index contributed by atoms with van der Waals surface area (Å²) in [6, 6.07) is 4.08. The van der Waals surface area contributed by atoms with Crippen LogP contribution in [0.5, 0.6) is 0 Å². The highest BCUT2D eigenvalue weighted by atomic mass is 16.1. The van der Waals surface area contributed by atoms with Crippen LogP contribution in [0.25, 0.3) is 0 Å². The van der Waals surface area contributed by atoms with Crippen LogP contribution in [-0.4, -0.2) is 54.6 Å². The molecule has 1 saturated heterocycles. The first-order chi connectivity index (χ1) is 10.2. The molecule has 0 spiro atoms. The third-order valence-corrected chi connectivity index (χ3v) is 4.08. The number of carbonyl (C=O) groups excluding carboxylic acids is 1. The van der Waals surface area contributed by atoms with E-state index in [-0.39, 0.29) is 0 Å². The summed E-state index contributed by atoms with van der Waals surface area (Å²) < 4.78 is 0. The number of piperazine rings is 1. The number of amides is 1. The molecule has 1 aliphatic rings. The Labute approximate surface area is 126 Å². The first kappa shape index (κ1) is 15.7. The summed E-state index contributed by atoms with van der Waals surface area (Å²) in [5.74, 6) is 0.462. The number of aromatic nitrogens is 1.